The number of likely N-dealkylation sites (N-methyl/N-ethyl adjacent to an activating group) is 1. The van der Waals surface area contributed by atoms with Gasteiger partial charge in [0.2, 0.25) is 0 Å². The third-order valence-corrected chi connectivity index (χ3v) is 6.92. The van der Waals surface area contributed by atoms with Crippen LogP contribution in [0.2, 0.25) is 0 Å². The molecule has 0 saturated carbocycles. The molecule has 0 N–H and O–H groups in total. The van der Waals surface area contributed by atoms with Crippen LogP contribution in [0.4, 0.5) is 5.69 Å². The molecule has 1 fully saturated rings. The van der Waals surface area contributed by atoms with Gasteiger partial charge in [0, 0.05) is 56.7 Å². The van der Waals surface area contributed by atoms with E-state index in [4.69, 9.17) is 9.15 Å². The second-order valence-electron chi connectivity index (χ2n) is 9.33. The molecular formula is C27H31N5O4. The van der Waals surface area contributed by atoms with E-state index in [1.807, 2.05) is 42.6 Å². The molecule has 1 aliphatic rings. The molecule has 0 spiro atoms. The molecule has 36 heavy (non-hydrogen) atoms. The number of nitrogens with zero attached hydrogens (tertiary/aromatic N) is 5. The number of anilines is 1. The molecule has 1 atom stereocenters. The molecule has 1 aromatic carbocycles. The zero-order chi connectivity index (χ0) is 25.6. The van der Waals surface area contributed by atoms with Crippen LogP contribution in [0.25, 0.3) is 27.9 Å². The molecule has 1 aliphatic heterocycles. The van der Waals surface area contributed by atoms with Crippen molar-refractivity contribution in [2.45, 2.75) is 47.1 Å². The maximum atomic E-state index is 13.3. The van der Waals surface area contributed by atoms with Crippen molar-refractivity contribution in [3.63, 3.8) is 0 Å². The summed E-state index contributed by atoms with van der Waals surface area (Å²) >= 11 is 0. The highest BCUT2D eigenvalue weighted by molar-refractivity contribution is 5.94. The smallest absolute Gasteiger partial charge is 0.349 e. The first-order chi connectivity index (χ1) is 17.3. The third-order valence-electron chi connectivity index (χ3n) is 6.92. The zero-order valence-electron chi connectivity index (χ0n) is 21.4. The number of piperazine rings is 1. The summed E-state index contributed by atoms with van der Waals surface area (Å²) < 4.78 is 13.2. The summed E-state index contributed by atoms with van der Waals surface area (Å²) in [6.07, 6.45) is 4.64. The van der Waals surface area contributed by atoms with Crippen molar-refractivity contribution in [3.8, 4) is 17.0 Å². The quantitative estimate of drug-likeness (QED) is 0.307. The Labute approximate surface area is 209 Å². The normalized spacial score (nSPS) is 16.7. The molecule has 3 aromatic heterocycles. The number of aromatic nitrogens is 3. The number of esters is 1. The van der Waals surface area contributed by atoms with Gasteiger partial charge in [-0.25, -0.2) is 9.78 Å². The summed E-state index contributed by atoms with van der Waals surface area (Å²) in [7, 11) is 0. The van der Waals surface area contributed by atoms with E-state index in [9.17, 15) is 9.59 Å². The Kier molecular flexibility index (Phi) is 6.26. The lowest BCUT2D eigenvalue weighted by atomic mass is 10.1. The molecular weight excluding hydrogens is 458 g/mol. The van der Waals surface area contributed by atoms with Crippen LogP contribution in [-0.2, 0) is 4.79 Å². The van der Waals surface area contributed by atoms with E-state index >= 15 is 0 Å². The van der Waals surface area contributed by atoms with Gasteiger partial charge in [-0.2, -0.15) is 0 Å². The first kappa shape index (κ1) is 24.0. The minimum atomic E-state index is -0.608. The van der Waals surface area contributed by atoms with Gasteiger partial charge in [0.25, 0.3) is 0 Å². The molecule has 4 heterocycles. The van der Waals surface area contributed by atoms with Gasteiger partial charge in [-0.05, 0) is 38.9 Å². The lowest BCUT2D eigenvalue weighted by Gasteiger charge is -2.41. The van der Waals surface area contributed by atoms with E-state index in [1.165, 1.54) is 6.92 Å². The zero-order valence-corrected chi connectivity index (χ0v) is 21.4. The van der Waals surface area contributed by atoms with Crippen molar-refractivity contribution >= 4 is 28.3 Å². The summed E-state index contributed by atoms with van der Waals surface area (Å²) in [6, 6.07) is 6.19. The van der Waals surface area contributed by atoms with E-state index in [0.717, 1.165) is 49.7 Å². The summed E-state index contributed by atoms with van der Waals surface area (Å²) in [5, 5.41) is 0.547. The van der Waals surface area contributed by atoms with E-state index in [0.29, 0.717) is 28.4 Å². The van der Waals surface area contributed by atoms with E-state index in [2.05, 4.69) is 33.6 Å². The van der Waals surface area contributed by atoms with Crippen LogP contribution in [0.5, 0.6) is 5.75 Å². The Morgan fingerprint density at radius 1 is 1.17 bits per heavy atom. The van der Waals surface area contributed by atoms with Gasteiger partial charge in [0.05, 0.1) is 16.8 Å². The Morgan fingerprint density at radius 3 is 2.69 bits per heavy atom. The number of rotatable bonds is 5. The second-order valence-corrected chi connectivity index (χ2v) is 9.33. The molecule has 0 radical (unpaired) electrons. The fraction of sp³-hybridized carbons (Fsp3) is 0.407. The van der Waals surface area contributed by atoms with E-state index in [1.54, 1.807) is 6.20 Å². The van der Waals surface area contributed by atoms with E-state index < -0.39 is 11.6 Å². The highest BCUT2D eigenvalue weighted by Gasteiger charge is 2.26. The Hall–Kier alpha value is -3.72. The first-order valence-corrected chi connectivity index (χ1v) is 12.4. The van der Waals surface area contributed by atoms with Crippen molar-refractivity contribution in [2.24, 2.45) is 0 Å². The summed E-state index contributed by atoms with van der Waals surface area (Å²) in [6.45, 7) is 13.3. The van der Waals surface area contributed by atoms with Gasteiger partial charge in [0.15, 0.2) is 11.4 Å². The predicted octanol–water partition coefficient (Wildman–Crippen LogP) is 3.97. The Bertz CT molecular complexity index is 1520. The molecule has 0 unspecified atom stereocenters. The summed E-state index contributed by atoms with van der Waals surface area (Å²) in [5.41, 5.74) is 3.41. The number of benzene rings is 1. The van der Waals surface area contributed by atoms with Gasteiger partial charge in [-0.1, -0.05) is 13.8 Å². The topological polar surface area (TPSA) is 93.2 Å². The van der Waals surface area contributed by atoms with Crippen LogP contribution in [-0.4, -0.2) is 57.5 Å². The molecule has 1 saturated heterocycles. The lowest BCUT2D eigenvalue weighted by Crippen LogP contribution is -2.52. The maximum absolute atomic E-state index is 13.3. The van der Waals surface area contributed by atoms with Crippen LogP contribution in [0.3, 0.4) is 0 Å². The lowest BCUT2D eigenvalue weighted by molar-refractivity contribution is -0.131. The van der Waals surface area contributed by atoms with Crippen LogP contribution in [0.1, 0.15) is 38.6 Å². The van der Waals surface area contributed by atoms with Gasteiger partial charge >= 0.3 is 11.6 Å². The Balaban J connectivity index is 1.62. The molecule has 9 nitrogen and oxygen atoms in total. The van der Waals surface area contributed by atoms with Gasteiger partial charge in [-0.3, -0.25) is 14.7 Å². The van der Waals surface area contributed by atoms with Gasteiger partial charge in [-0.15, -0.1) is 0 Å². The number of carbonyl (C=O) groups is 1. The maximum Gasteiger partial charge on any atom is 0.349 e. The predicted molar refractivity (Wildman–Crippen MR) is 139 cm³/mol. The van der Waals surface area contributed by atoms with Crippen LogP contribution in [0.15, 0.2) is 39.8 Å². The molecule has 5 rings (SSSR count). The Morgan fingerprint density at radius 2 is 1.97 bits per heavy atom. The second kappa shape index (κ2) is 9.39. The van der Waals surface area contributed by atoms with Crippen molar-refractivity contribution in [3.05, 3.63) is 52.4 Å². The number of fused-ring (bicyclic) bond motifs is 2. The highest BCUT2D eigenvalue weighted by atomic mass is 16.5. The largest absolute Gasteiger partial charge is 0.425 e. The summed E-state index contributed by atoms with van der Waals surface area (Å²) in [5.74, 6) is -0.362. The molecule has 4 aromatic rings. The summed E-state index contributed by atoms with van der Waals surface area (Å²) in [4.78, 5) is 39.2. The fourth-order valence-electron chi connectivity index (χ4n) is 5.18. The minimum Gasteiger partial charge on any atom is -0.425 e. The van der Waals surface area contributed by atoms with Crippen LogP contribution in [0, 0.1) is 13.8 Å². The number of hydrogen-bond donors (Lipinski definition) is 0. The van der Waals surface area contributed by atoms with Crippen LogP contribution < -0.4 is 15.3 Å². The number of carbonyl (C=O) groups excluding carboxylic acids is 1. The standard InChI is InChI=1S/C27H31N5O4/c1-6-19-14-31(11-10-30(19)7-2)20-8-9-21-23(12-20)36-27(34)24(25(21)35-18(5)33)22-15-32-13-16(3)28-17(4)26(32)29-22/h8-9,12-13,15,19H,6-7,10-11,14H2,1-5H3/t19-/m0/s1. The van der Waals surface area contributed by atoms with Crippen molar-refractivity contribution in [1.29, 1.82) is 0 Å². The average molecular weight is 490 g/mol. The highest BCUT2D eigenvalue weighted by Crippen LogP contribution is 2.36. The van der Waals surface area contributed by atoms with Crippen molar-refractivity contribution in [2.75, 3.05) is 31.1 Å². The molecule has 0 amide bonds. The number of aryl methyl sites for hydroxylation is 2. The van der Waals surface area contributed by atoms with Crippen LogP contribution >= 0.6 is 0 Å². The van der Waals surface area contributed by atoms with E-state index in [-0.39, 0.29) is 11.3 Å². The fourth-order valence-corrected chi connectivity index (χ4v) is 5.18. The molecule has 9 heteroatoms. The number of hydrogen-bond acceptors (Lipinski definition) is 8. The minimum absolute atomic E-state index is 0.119. The molecule has 0 aliphatic carbocycles. The third kappa shape index (κ3) is 4.24. The molecule has 188 valence electrons. The van der Waals surface area contributed by atoms with Crippen molar-refractivity contribution in [1.82, 2.24) is 19.3 Å². The monoisotopic (exact) mass is 489 g/mol. The number of ether oxygens (including phenoxy) is 1. The van der Waals surface area contributed by atoms with Gasteiger partial charge < -0.3 is 18.5 Å². The SMILES string of the molecule is CC[C@H]1CN(c2ccc3c(OC(C)=O)c(-c4cn5cc(C)nc(C)c5n4)c(=O)oc3c2)CCN1CC. The van der Waals surface area contributed by atoms with Gasteiger partial charge in [0.1, 0.15) is 16.8 Å². The first-order valence-electron chi connectivity index (χ1n) is 12.4. The average Bonchev–Trinajstić information content (AvgIpc) is 3.26. The van der Waals surface area contributed by atoms with Crippen molar-refractivity contribution < 1.29 is 13.9 Å². The number of imidazole rings is 1. The molecule has 0 bridgehead atoms.